The fraction of sp³-hybridized carbons (Fsp3) is 0.125. The molecule has 0 bridgehead atoms. The van der Waals surface area contributed by atoms with E-state index in [1.54, 1.807) is 36.4 Å². The number of hydrogen-bond donors (Lipinski definition) is 4. The van der Waals surface area contributed by atoms with Gasteiger partial charge in [0, 0.05) is 22.6 Å². The molecule has 0 spiro atoms. The summed E-state index contributed by atoms with van der Waals surface area (Å²) in [7, 11) is 0. The van der Waals surface area contributed by atoms with E-state index in [2.05, 4.69) is 0 Å². The molecular formula is C32H28N4O4S2. The number of carbonyl (C=O) groups is 2. The van der Waals surface area contributed by atoms with Crippen molar-refractivity contribution in [3.63, 3.8) is 0 Å². The topological polar surface area (TPSA) is 152 Å². The zero-order valence-electron chi connectivity index (χ0n) is 22.5. The third kappa shape index (κ3) is 6.67. The van der Waals surface area contributed by atoms with Gasteiger partial charge >= 0.3 is 0 Å². The van der Waals surface area contributed by atoms with Crippen LogP contribution in [0.3, 0.4) is 0 Å². The highest BCUT2D eigenvalue weighted by Gasteiger charge is 2.35. The molecule has 0 aromatic heterocycles. The van der Waals surface area contributed by atoms with Gasteiger partial charge in [0.2, 0.25) is 0 Å². The van der Waals surface area contributed by atoms with Gasteiger partial charge in [0.25, 0.3) is 0 Å². The summed E-state index contributed by atoms with van der Waals surface area (Å²) in [6.07, 6.45) is 0. The first-order valence-electron chi connectivity index (χ1n) is 13.0. The van der Waals surface area contributed by atoms with Gasteiger partial charge in [0.1, 0.15) is 24.7 Å². The lowest BCUT2D eigenvalue weighted by atomic mass is 9.83. The molecule has 6 N–H and O–H groups in total. The minimum atomic E-state index is -0.287. The van der Waals surface area contributed by atoms with E-state index < -0.39 is 0 Å². The van der Waals surface area contributed by atoms with Crippen LogP contribution in [0.5, 0.6) is 11.5 Å². The monoisotopic (exact) mass is 596 g/mol. The number of ketones is 2. The molecule has 0 saturated carbocycles. The van der Waals surface area contributed by atoms with E-state index in [0.717, 1.165) is 22.3 Å². The second-order valence-electron chi connectivity index (χ2n) is 9.53. The molecular weight excluding hydrogens is 569 g/mol. The Morgan fingerprint density at radius 1 is 0.571 bits per heavy atom. The summed E-state index contributed by atoms with van der Waals surface area (Å²) in [5.41, 5.74) is 15.8. The molecule has 4 aromatic rings. The average Bonchev–Trinajstić information content (AvgIpc) is 3.00. The van der Waals surface area contributed by atoms with Crippen LogP contribution in [0.25, 0.3) is 0 Å². The molecule has 0 radical (unpaired) electrons. The summed E-state index contributed by atoms with van der Waals surface area (Å²) in [6.45, 7) is 0.397. The smallest absolute Gasteiger partial charge is 0.198 e. The minimum absolute atomic E-state index is 0.0682. The number of carbonyl (C=O) groups excluding carboxylic acids is 2. The van der Waals surface area contributed by atoms with E-state index in [1.165, 1.54) is 23.5 Å². The molecule has 0 saturated heterocycles. The third-order valence-electron chi connectivity index (χ3n) is 6.62. The van der Waals surface area contributed by atoms with Crippen molar-refractivity contribution in [2.24, 2.45) is 11.5 Å². The predicted molar refractivity (Wildman–Crippen MR) is 168 cm³/mol. The van der Waals surface area contributed by atoms with Crippen molar-refractivity contribution in [2.75, 3.05) is 0 Å². The second kappa shape index (κ2) is 13.0. The van der Waals surface area contributed by atoms with Crippen LogP contribution in [0, 0.1) is 10.8 Å². The van der Waals surface area contributed by atoms with Crippen molar-refractivity contribution >= 4 is 45.4 Å². The number of thioether (sulfide) groups is 2. The summed E-state index contributed by atoms with van der Waals surface area (Å²) in [5.74, 6) is 1.26. The van der Waals surface area contributed by atoms with E-state index in [9.17, 15) is 9.59 Å². The standard InChI is InChI=1S/C32H28N4O4S2/c33-31(34)41-17-21-9-5-19(6-10-21)15-39-25-13-14-26(40-16-20-7-11-22(12-8-20)18-42-32(35)36)28-27(25)29(37)23-3-1-2-4-24(23)30(28)38/h1-14H,15-18H2,(H3,33,34)(H3,35,36). The van der Waals surface area contributed by atoms with Crippen molar-refractivity contribution in [3.8, 4) is 11.5 Å². The molecule has 0 unspecified atom stereocenters. The van der Waals surface area contributed by atoms with Crippen LogP contribution >= 0.6 is 23.5 Å². The van der Waals surface area contributed by atoms with E-state index in [-0.39, 0.29) is 46.2 Å². The van der Waals surface area contributed by atoms with E-state index in [0.29, 0.717) is 34.1 Å². The van der Waals surface area contributed by atoms with Crippen LogP contribution in [-0.4, -0.2) is 21.9 Å². The molecule has 0 fully saturated rings. The highest BCUT2D eigenvalue weighted by molar-refractivity contribution is 8.13. The Kier molecular flexibility index (Phi) is 8.94. The van der Waals surface area contributed by atoms with Crippen molar-refractivity contribution in [1.82, 2.24) is 0 Å². The lowest BCUT2D eigenvalue weighted by molar-refractivity contribution is 0.0971. The first-order chi connectivity index (χ1) is 20.3. The van der Waals surface area contributed by atoms with Crippen LogP contribution in [-0.2, 0) is 24.7 Å². The van der Waals surface area contributed by atoms with E-state index >= 15 is 0 Å². The molecule has 0 amide bonds. The van der Waals surface area contributed by atoms with Crippen LogP contribution in [0.2, 0.25) is 0 Å². The quantitative estimate of drug-likeness (QED) is 0.115. The normalized spacial score (nSPS) is 11.9. The summed E-state index contributed by atoms with van der Waals surface area (Å²) in [6, 6.07) is 25.6. The zero-order chi connectivity index (χ0) is 29.6. The molecule has 4 aromatic carbocycles. The van der Waals surface area contributed by atoms with Crippen LogP contribution < -0.4 is 20.9 Å². The summed E-state index contributed by atoms with van der Waals surface area (Å²) < 4.78 is 12.2. The number of hydrogen-bond acceptors (Lipinski definition) is 8. The molecule has 1 aliphatic carbocycles. The number of fused-ring (bicyclic) bond motifs is 2. The van der Waals surface area contributed by atoms with Gasteiger partial charge in [0.05, 0.1) is 11.1 Å². The van der Waals surface area contributed by atoms with Crippen molar-refractivity contribution in [2.45, 2.75) is 24.7 Å². The fourth-order valence-corrected chi connectivity index (χ4v) is 5.54. The van der Waals surface area contributed by atoms with Gasteiger partial charge in [-0.2, -0.15) is 0 Å². The highest BCUT2D eigenvalue weighted by atomic mass is 32.2. The lowest BCUT2D eigenvalue weighted by Gasteiger charge is -2.23. The Hall–Kier alpha value is -4.54. The van der Waals surface area contributed by atoms with E-state index in [1.807, 2.05) is 48.5 Å². The predicted octanol–water partition coefficient (Wildman–Crippen LogP) is 5.87. The fourth-order valence-electron chi connectivity index (χ4n) is 4.51. The summed E-state index contributed by atoms with van der Waals surface area (Å²) in [5, 5.41) is 14.9. The Labute approximate surface area is 251 Å². The van der Waals surface area contributed by atoms with Gasteiger partial charge in [-0.25, -0.2) is 0 Å². The van der Waals surface area contributed by atoms with Crippen molar-refractivity contribution < 1.29 is 19.1 Å². The Balaban J connectivity index is 1.38. The van der Waals surface area contributed by atoms with Crippen molar-refractivity contribution in [3.05, 3.63) is 129 Å². The number of amidine groups is 2. The molecule has 1 aliphatic rings. The summed E-state index contributed by atoms with van der Waals surface area (Å²) in [4.78, 5) is 27.4. The van der Waals surface area contributed by atoms with Gasteiger partial charge in [-0.05, 0) is 34.4 Å². The van der Waals surface area contributed by atoms with Gasteiger partial charge in [-0.1, -0.05) is 96.3 Å². The maximum absolute atomic E-state index is 13.7. The van der Waals surface area contributed by atoms with Gasteiger partial charge in [0.15, 0.2) is 21.9 Å². The largest absolute Gasteiger partial charge is 0.488 e. The minimum Gasteiger partial charge on any atom is -0.488 e. The number of ether oxygens (including phenoxy) is 2. The van der Waals surface area contributed by atoms with Crippen LogP contribution in [0.4, 0.5) is 0 Å². The maximum atomic E-state index is 13.7. The van der Waals surface area contributed by atoms with Gasteiger partial charge in [-0.15, -0.1) is 0 Å². The lowest BCUT2D eigenvalue weighted by Crippen LogP contribution is -2.23. The number of benzene rings is 4. The first-order valence-corrected chi connectivity index (χ1v) is 15.0. The van der Waals surface area contributed by atoms with Gasteiger partial charge in [-0.3, -0.25) is 20.4 Å². The highest BCUT2D eigenvalue weighted by Crippen LogP contribution is 2.39. The second-order valence-corrected chi connectivity index (χ2v) is 11.6. The molecule has 5 rings (SSSR count). The Morgan fingerprint density at radius 2 is 0.929 bits per heavy atom. The number of nitrogens with one attached hydrogen (secondary N) is 2. The molecule has 42 heavy (non-hydrogen) atoms. The molecule has 212 valence electrons. The molecule has 0 atom stereocenters. The number of rotatable bonds is 10. The van der Waals surface area contributed by atoms with Gasteiger partial charge < -0.3 is 20.9 Å². The average molecular weight is 597 g/mol. The third-order valence-corrected chi connectivity index (χ3v) is 8.20. The molecule has 0 heterocycles. The summed E-state index contributed by atoms with van der Waals surface area (Å²) >= 11 is 2.51. The molecule has 8 nitrogen and oxygen atoms in total. The first kappa shape index (κ1) is 29.0. The SMILES string of the molecule is N=C(N)SCc1ccc(COc2ccc(OCc3ccc(CSC(=N)N)cc3)c3c2C(=O)c2ccccc2C3=O)cc1. The maximum Gasteiger partial charge on any atom is 0.198 e. The molecule has 0 aliphatic heterocycles. The Bertz CT molecular complexity index is 1550. The number of nitrogens with two attached hydrogens (primary N) is 2. The van der Waals surface area contributed by atoms with E-state index in [4.69, 9.17) is 31.8 Å². The van der Waals surface area contributed by atoms with Crippen LogP contribution in [0.15, 0.2) is 84.9 Å². The Morgan fingerprint density at radius 3 is 1.29 bits per heavy atom. The zero-order valence-corrected chi connectivity index (χ0v) is 24.1. The van der Waals surface area contributed by atoms with Crippen molar-refractivity contribution in [1.29, 1.82) is 10.8 Å². The molecule has 10 heteroatoms. The van der Waals surface area contributed by atoms with Crippen LogP contribution in [0.1, 0.15) is 54.1 Å².